The number of esters is 1. The molecule has 1 aliphatic rings. The third-order valence-corrected chi connectivity index (χ3v) is 1.93. The fourth-order valence-electron chi connectivity index (χ4n) is 1.23. The van der Waals surface area contributed by atoms with Crippen LogP contribution in [-0.2, 0) is 9.53 Å². The number of cyclic esters (lactones) is 1. The first-order valence-corrected chi connectivity index (χ1v) is 4.14. The van der Waals surface area contributed by atoms with Crippen LogP contribution in [0.5, 0.6) is 0 Å². The van der Waals surface area contributed by atoms with Crippen LogP contribution in [0.4, 0.5) is 5.95 Å². The van der Waals surface area contributed by atoms with Crippen LogP contribution >= 0.6 is 0 Å². The molecular formula is C7H9N5O2. The van der Waals surface area contributed by atoms with Gasteiger partial charge in [-0.15, -0.1) is 5.10 Å². The number of anilines is 1. The molecule has 7 heteroatoms. The molecule has 1 fully saturated rings. The first-order valence-electron chi connectivity index (χ1n) is 4.14. The van der Waals surface area contributed by atoms with Crippen molar-refractivity contribution >= 4 is 11.9 Å². The van der Waals surface area contributed by atoms with Crippen LogP contribution in [0, 0.1) is 0 Å². The van der Waals surface area contributed by atoms with Crippen LogP contribution in [0.15, 0.2) is 11.3 Å². The van der Waals surface area contributed by atoms with E-state index < -0.39 is 0 Å². The van der Waals surface area contributed by atoms with Crippen molar-refractivity contribution in [3.05, 3.63) is 11.3 Å². The zero-order valence-corrected chi connectivity index (χ0v) is 7.57. The van der Waals surface area contributed by atoms with E-state index in [-0.39, 0.29) is 5.97 Å². The van der Waals surface area contributed by atoms with E-state index in [0.29, 0.717) is 30.2 Å². The van der Waals surface area contributed by atoms with Crippen molar-refractivity contribution < 1.29 is 9.53 Å². The molecule has 0 bridgehead atoms. The van der Waals surface area contributed by atoms with E-state index in [1.54, 1.807) is 6.92 Å². The lowest BCUT2D eigenvalue weighted by molar-refractivity contribution is -0.135. The predicted molar refractivity (Wildman–Crippen MR) is 46.1 cm³/mol. The summed E-state index contributed by atoms with van der Waals surface area (Å²) in [5.41, 5.74) is 1.34. The van der Waals surface area contributed by atoms with E-state index in [1.807, 2.05) is 0 Å². The number of H-pyrrole nitrogens is 1. The van der Waals surface area contributed by atoms with E-state index in [0.717, 1.165) is 0 Å². The van der Waals surface area contributed by atoms with E-state index in [9.17, 15) is 4.79 Å². The Balaban J connectivity index is 2.15. The summed E-state index contributed by atoms with van der Waals surface area (Å²) in [7, 11) is 0. The lowest BCUT2D eigenvalue weighted by Crippen LogP contribution is -2.05. The number of hydrogen-bond acceptors (Lipinski definition) is 6. The molecule has 0 spiro atoms. The van der Waals surface area contributed by atoms with Gasteiger partial charge in [-0.2, -0.15) is 5.21 Å². The van der Waals surface area contributed by atoms with Crippen LogP contribution in [0.25, 0.3) is 0 Å². The molecule has 1 aromatic heterocycles. The quantitative estimate of drug-likeness (QED) is 0.502. The van der Waals surface area contributed by atoms with Gasteiger partial charge < -0.3 is 10.1 Å². The molecular weight excluding hydrogens is 186 g/mol. The van der Waals surface area contributed by atoms with E-state index >= 15 is 0 Å². The molecule has 2 N–H and O–H groups in total. The smallest absolute Gasteiger partial charge is 0.335 e. The number of nitrogens with zero attached hydrogens (tertiary/aromatic N) is 3. The van der Waals surface area contributed by atoms with E-state index in [1.165, 1.54) is 0 Å². The summed E-state index contributed by atoms with van der Waals surface area (Å²) in [5.74, 6) is 0.0631. The maximum Gasteiger partial charge on any atom is 0.335 e. The predicted octanol–water partition coefficient (Wildman–Crippen LogP) is -0.168. The van der Waals surface area contributed by atoms with Crippen LogP contribution in [0.1, 0.15) is 13.3 Å². The molecule has 1 saturated heterocycles. The van der Waals surface area contributed by atoms with Crippen molar-refractivity contribution in [1.29, 1.82) is 0 Å². The second kappa shape index (κ2) is 3.44. The van der Waals surface area contributed by atoms with Gasteiger partial charge in [0, 0.05) is 12.1 Å². The number of allylic oxidation sites excluding steroid dienone is 1. The highest BCUT2D eigenvalue weighted by molar-refractivity contribution is 5.91. The van der Waals surface area contributed by atoms with Crippen molar-refractivity contribution in [2.75, 3.05) is 11.9 Å². The van der Waals surface area contributed by atoms with Gasteiger partial charge in [0.2, 0.25) is 0 Å². The van der Waals surface area contributed by atoms with Crippen molar-refractivity contribution in [2.24, 2.45) is 0 Å². The minimum absolute atomic E-state index is 0.279. The molecule has 1 aliphatic heterocycles. The summed E-state index contributed by atoms with van der Waals surface area (Å²) >= 11 is 0. The van der Waals surface area contributed by atoms with Gasteiger partial charge in [-0.05, 0) is 12.1 Å². The molecule has 74 valence electrons. The molecule has 2 rings (SSSR count). The summed E-state index contributed by atoms with van der Waals surface area (Å²) in [6.45, 7) is 2.22. The van der Waals surface area contributed by atoms with Crippen molar-refractivity contribution in [1.82, 2.24) is 20.6 Å². The van der Waals surface area contributed by atoms with Crippen molar-refractivity contribution in [3.8, 4) is 0 Å². The number of nitrogens with one attached hydrogen (secondary N) is 2. The second-order valence-electron chi connectivity index (χ2n) is 2.85. The number of hydrogen-bond donors (Lipinski definition) is 2. The first-order chi connectivity index (χ1) is 6.77. The lowest BCUT2D eigenvalue weighted by Gasteiger charge is -2.02. The van der Waals surface area contributed by atoms with Gasteiger partial charge in [0.05, 0.1) is 12.2 Å². The Bertz CT molecular complexity index is 369. The highest BCUT2D eigenvalue weighted by Gasteiger charge is 2.21. The molecule has 1 aromatic rings. The zero-order chi connectivity index (χ0) is 9.97. The van der Waals surface area contributed by atoms with Crippen molar-refractivity contribution in [3.63, 3.8) is 0 Å². The second-order valence-corrected chi connectivity index (χ2v) is 2.85. The van der Waals surface area contributed by atoms with E-state index in [2.05, 4.69) is 25.9 Å². The average molecular weight is 195 g/mol. The number of aromatic amines is 1. The normalized spacial score (nSPS) is 19.4. The number of carbonyl (C=O) groups is 1. The Kier molecular flexibility index (Phi) is 2.13. The largest absolute Gasteiger partial charge is 0.462 e. The Morgan fingerprint density at radius 1 is 1.64 bits per heavy atom. The highest BCUT2D eigenvalue weighted by Crippen LogP contribution is 2.17. The number of carbonyl (C=O) groups excluding carboxylic acids is 1. The van der Waals surface area contributed by atoms with Crippen molar-refractivity contribution in [2.45, 2.75) is 13.3 Å². The van der Waals surface area contributed by atoms with Gasteiger partial charge in [0.15, 0.2) is 0 Å². The standard InChI is InChI=1S/C7H9N5O2/c1-4(5-2-3-14-6(5)13)8-7-9-11-12-10-7/h2-3H2,1H3,(H2,8,9,10,11,12)/b5-4+. The number of tetrazole rings is 1. The molecule has 0 aliphatic carbocycles. The third-order valence-electron chi connectivity index (χ3n) is 1.93. The molecule has 0 atom stereocenters. The molecule has 0 aromatic carbocycles. The summed E-state index contributed by atoms with van der Waals surface area (Å²) in [4.78, 5) is 11.2. The first kappa shape index (κ1) is 8.67. The molecule has 0 amide bonds. The molecule has 0 saturated carbocycles. The monoisotopic (exact) mass is 195 g/mol. The molecule has 0 unspecified atom stereocenters. The van der Waals surface area contributed by atoms with Gasteiger partial charge >= 0.3 is 5.97 Å². The molecule has 2 heterocycles. The Hall–Kier alpha value is -1.92. The van der Waals surface area contributed by atoms with Gasteiger partial charge in [0.25, 0.3) is 5.95 Å². The number of rotatable bonds is 2. The molecule has 14 heavy (non-hydrogen) atoms. The molecule has 0 radical (unpaired) electrons. The van der Waals surface area contributed by atoms with Crippen LogP contribution < -0.4 is 5.32 Å². The Morgan fingerprint density at radius 2 is 2.50 bits per heavy atom. The van der Waals surface area contributed by atoms with Crippen LogP contribution in [0.2, 0.25) is 0 Å². The lowest BCUT2D eigenvalue weighted by atomic mass is 10.2. The fraction of sp³-hybridized carbons (Fsp3) is 0.429. The van der Waals surface area contributed by atoms with E-state index in [4.69, 9.17) is 4.74 Å². The van der Waals surface area contributed by atoms with Gasteiger partial charge in [-0.3, -0.25) is 0 Å². The fourth-order valence-corrected chi connectivity index (χ4v) is 1.23. The Labute approximate surface area is 79.5 Å². The van der Waals surface area contributed by atoms with Gasteiger partial charge in [-0.1, -0.05) is 5.10 Å². The topological polar surface area (TPSA) is 92.8 Å². The van der Waals surface area contributed by atoms with Crippen LogP contribution in [-0.4, -0.2) is 33.2 Å². The summed E-state index contributed by atoms with van der Waals surface area (Å²) < 4.78 is 4.80. The Morgan fingerprint density at radius 3 is 3.07 bits per heavy atom. The number of aromatic nitrogens is 4. The molecule has 7 nitrogen and oxygen atoms in total. The maximum atomic E-state index is 11.2. The van der Waals surface area contributed by atoms with Crippen LogP contribution in [0.3, 0.4) is 0 Å². The number of ether oxygens (including phenoxy) is 1. The SMILES string of the molecule is C/C(Nc1nn[nH]n1)=C1/CCOC1=O. The maximum absolute atomic E-state index is 11.2. The zero-order valence-electron chi connectivity index (χ0n) is 7.57. The summed E-state index contributed by atoms with van der Waals surface area (Å²) in [6.07, 6.45) is 0.621. The summed E-state index contributed by atoms with van der Waals surface area (Å²) in [6, 6.07) is 0. The van der Waals surface area contributed by atoms with Gasteiger partial charge in [-0.25, -0.2) is 4.79 Å². The third kappa shape index (κ3) is 1.56. The minimum atomic E-state index is -0.279. The van der Waals surface area contributed by atoms with Gasteiger partial charge in [0.1, 0.15) is 0 Å². The highest BCUT2D eigenvalue weighted by atomic mass is 16.5. The summed E-state index contributed by atoms with van der Waals surface area (Å²) in [5, 5.41) is 16.0. The average Bonchev–Trinajstić information content (AvgIpc) is 2.75. The minimum Gasteiger partial charge on any atom is -0.462 e.